The number of likely N-dealkylation sites (tertiary alicyclic amines) is 2. The fourth-order valence-electron chi connectivity index (χ4n) is 8.16. The maximum Gasteiger partial charge on any atom is 0.246 e. The van der Waals surface area contributed by atoms with E-state index in [1.165, 1.54) is 31.2 Å². The lowest BCUT2D eigenvalue weighted by molar-refractivity contribution is -0.128. The summed E-state index contributed by atoms with van der Waals surface area (Å²) in [6.45, 7) is 12.3. The molecule has 2 atom stereocenters. The summed E-state index contributed by atoms with van der Waals surface area (Å²) in [5.41, 5.74) is 16.7. The van der Waals surface area contributed by atoms with Crippen molar-refractivity contribution in [1.82, 2.24) is 49.7 Å². The summed E-state index contributed by atoms with van der Waals surface area (Å²) >= 11 is 0. The molecular weight excluding hydrogens is 845 g/mol. The molecule has 16 nitrogen and oxygen atoms in total. The SMILES string of the molecule is C=CC(=O)N1CCC[C@@H](n2nc(-c3ccc(Oc4ccccc4)cc3)c3c(N)ncnc32)C1.C=CC(=O)N1CCC[C@H](C)C1.Nc1ncnc2n[nH]c(-c3ccc(Oc4ccccc4)cc3)c12. The van der Waals surface area contributed by atoms with Crippen molar-refractivity contribution in [3.8, 4) is 45.5 Å². The largest absolute Gasteiger partial charge is 0.457 e. The van der Waals surface area contributed by atoms with Crippen LogP contribution in [0.1, 0.15) is 38.6 Å². The summed E-state index contributed by atoms with van der Waals surface area (Å²) in [7, 11) is 0. The van der Waals surface area contributed by atoms with Gasteiger partial charge in [-0.15, -0.1) is 0 Å². The van der Waals surface area contributed by atoms with Gasteiger partial charge >= 0.3 is 0 Å². The maximum atomic E-state index is 12.2. The number of hydrogen-bond donors (Lipinski definition) is 3. The molecule has 2 aliphatic heterocycles. The van der Waals surface area contributed by atoms with Crippen LogP contribution in [0, 0.1) is 5.92 Å². The Kier molecular flexibility index (Phi) is 14.2. The quantitative estimate of drug-likeness (QED) is 0.116. The molecule has 2 fully saturated rings. The van der Waals surface area contributed by atoms with Crippen molar-refractivity contribution in [3.63, 3.8) is 0 Å². The molecule has 0 spiro atoms. The van der Waals surface area contributed by atoms with E-state index in [0.717, 1.165) is 77.6 Å². The van der Waals surface area contributed by atoms with Gasteiger partial charge in [-0.3, -0.25) is 14.7 Å². The minimum Gasteiger partial charge on any atom is -0.457 e. The Morgan fingerprint density at radius 3 is 1.76 bits per heavy atom. The molecule has 340 valence electrons. The van der Waals surface area contributed by atoms with Crippen molar-refractivity contribution in [1.29, 1.82) is 0 Å². The van der Waals surface area contributed by atoms with Crippen molar-refractivity contribution >= 4 is 45.5 Å². The number of nitrogens with two attached hydrogens (primary N) is 2. The molecule has 4 aromatic carbocycles. The van der Waals surface area contributed by atoms with E-state index in [1.54, 1.807) is 4.90 Å². The predicted octanol–water partition coefficient (Wildman–Crippen LogP) is 9.04. The van der Waals surface area contributed by atoms with E-state index in [1.807, 2.05) is 119 Å². The number of rotatable bonds is 9. The summed E-state index contributed by atoms with van der Waals surface area (Å²) in [6.07, 6.45) is 9.77. The summed E-state index contributed by atoms with van der Waals surface area (Å²) in [4.78, 5) is 43.8. The number of ether oxygens (including phenoxy) is 2. The number of amides is 2. The lowest BCUT2D eigenvalue weighted by Crippen LogP contribution is -2.40. The van der Waals surface area contributed by atoms with Crippen LogP contribution in [0.25, 0.3) is 44.6 Å². The Hall–Kier alpha value is -8.40. The highest BCUT2D eigenvalue weighted by atomic mass is 16.5. The summed E-state index contributed by atoms with van der Waals surface area (Å²) in [6, 6.07) is 34.6. The van der Waals surface area contributed by atoms with Crippen LogP contribution < -0.4 is 20.9 Å². The van der Waals surface area contributed by atoms with Crippen molar-refractivity contribution in [2.75, 3.05) is 37.6 Å². The van der Waals surface area contributed by atoms with Crippen LogP contribution in [0.4, 0.5) is 11.6 Å². The van der Waals surface area contributed by atoms with E-state index in [-0.39, 0.29) is 17.9 Å². The van der Waals surface area contributed by atoms with Gasteiger partial charge in [0.1, 0.15) is 53.0 Å². The van der Waals surface area contributed by atoms with Crippen LogP contribution in [-0.4, -0.2) is 87.7 Å². The lowest BCUT2D eigenvalue weighted by Gasteiger charge is -2.32. The third-order valence-electron chi connectivity index (χ3n) is 11.5. The number of nitrogen functional groups attached to an aromatic ring is 2. The van der Waals surface area contributed by atoms with Gasteiger partial charge in [0, 0.05) is 37.3 Å². The number of anilines is 2. The first-order chi connectivity index (χ1) is 32.7. The Balaban J connectivity index is 0.000000154. The first kappa shape index (κ1) is 45.2. The second-order valence-electron chi connectivity index (χ2n) is 16.2. The number of nitrogens with zero attached hydrogens (tertiary/aromatic N) is 9. The molecule has 0 saturated carbocycles. The molecule has 2 saturated heterocycles. The van der Waals surface area contributed by atoms with Gasteiger partial charge in [0.05, 0.1) is 22.5 Å². The van der Waals surface area contributed by atoms with E-state index in [2.05, 4.69) is 50.2 Å². The van der Waals surface area contributed by atoms with Crippen molar-refractivity contribution < 1.29 is 19.1 Å². The zero-order valence-corrected chi connectivity index (χ0v) is 37.2. The van der Waals surface area contributed by atoms with Gasteiger partial charge in [-0.05, 0) is 117 Å². The minimum absolute atomic E-state index is 0.00566. The number of fused-ring (bicyclic) bond motifs is 2. The first-order valence-corrected chi connectivity index (χ1v) is 22.1. The molecule has 4 aromatic heterocycles. The standard InChI is InChI=1S/C25H24N6O2.C17H13N5O.C9H15NO/c1-2-21(32)30-14-6-7-18(15-30)31-25-22(24(26)27-16-28-25)23(29-31)17-10-12-20(13-11-17)33-19-8-4-3-5-9-19;18-16-14-15(21-22-17(14)20-10-19-16)11-6-8-13(9-7-11)23-12-4-2-1-3-5-12;1-3-9(11)10-6-4-5-8(2)7-10/h2-5,8-13,16,18H,1,6-7,14-15H2,(H2,26,27,28);1-10H,(H3,18,19,20,21,22);3,8H,1,4-7H2,2H3/t18-;;8-/m1.0/s1. The number of H-pyrrole nitrogens is 1. The number of piperidine rings is 2. The van der Waals surface area contributed by atoms with E-state index in [4.69, 9.17) is 26.0 Å². The van der Waals surface area contributed by atoms with Gasteiger partial charge in [0.2, 0.25) is 11.8 Å². The zero-order valence-electron chi connectivity index (χ0n) is 37.2. The zero-order chi connectivity index (χ0) is 46.7. The third-order valence-corrected chi connectivity index (χ3v) is 11.5. The summed E-state index contributed by atoms with van der Waals surface area (Å²) < 4.78 is 13.6. The Labute approximate surface area is 388 Å². The molecule has 2 amide bonds. The fraction of sp³-hybridized carbons (Fsp3) is 0.216. The Morgan fingerprint density at radius 1 is 0.657 bits per heavy atom. The molecule has 6 heterocycles. The van der Waals surface area contributed by atoms with Gasteiger partial charge in [-0.1, -0.05) is 56.5 Å². The monoisotopic (exact) mass is 896 g/mol. The van der Waals surface area contributed by atoms with Crippen LogP contribution in [0.2, 0.25) is 0 Å². The smallest absolute Gasteiger partial charge is 0.246 e. The molecule has 8 aromatic rings. The van der Waals surface area contributed by atoms with Crippen LogP contribution in [0.5, 0.6) is 23.0 Å². The molecule has 0 unspecified atom stereocenters. The minimum atomic E-state index is -0.0699. The highest BCUT2D eigenvalue weighted by Gasteiger charge is 2.28. The van der Waals surface area contributed by atoms with Gasteiger partial charge < -0.3 is 30.7 Å². The average Bonchev–Trinajstić information content (AvgIpc) is 3.99. The normalized spacial score (nSPS) is 15.7. The predicted molar refractivity (Wildman–Crippen MR) is 260 cm³/mol. The second-order valence-corrected chi connectivity index (χ2v) is 16.2. The number of nitrogens with one attached hydrogen (secondary N) is 1. The number of carbonyl (C=O) groups is 2. The van der Waals surface area contributed by atoms with Gasteiger partial charge in [-0.25, -0.2) is 24.6 Å². The molecule has 2 aliphatic rings. The van der Waals surface area contributed by atoms with Crippen molar-refractivity contribution in [2.45, 2.75) is 38.6 Å². The van der Waals surface area contributed by atoms with Crippen LogP contribution in [0.15, 0.2) is 147 Å². The second kappa shape index (κ2) is 21.1. The Morgan fingerprint density at radius 2 is 1.18 bits per heavy atom. The first-order valence-electron chi connectivity index (χ1n) is 22.1. The molecule has 0 radical (unpaired) electrons. The third kappa shape index (κ3) is 10.8. The Bertz CT molecular complexity index is 2960. The number of benzene rings is 4. The van der Waals surface area contributed by atoms with Crippen molar-refractivity contribution in [2.24, 2.45) is 5.92 Å². The van der Waals surface area contributed by atoms with E-state index >= 15 is 0 Å². The summed E-state index contributed by atoms with van der Waals surface area (Å²) in [5, 5.41) is 13.5. The number of hydrogen-bond acceptors (Lipinski definition) is 12. The van der Waals surface area contributed by atoms with E-state index in [0.29, 0.717) is 53.0 Å². The molecule has 0 aliphatic carbocycles. The fourth-order valence-corrected chi connectivity index (χ4v) is 8.16. The molecule has 16 heteroatoms. The van der Waals surface area contributed by atoms with Gasteiger partial charge in [-0.2, -0.15) is 10.2 Å². The number of aromatic nitrogens is 8. The molecule has 67 heavy (non-hydrogen) atoms. The topological polar surface area (TPSA) is 209 Å². The van der Waals surface area contributed by atoms with Crippen LogP contribution in [-0.2, 0) is 9.59 Å². The molecule has 0 bridgehead atoms. The van der Waals surface area contributed by atoms with Crippen LogP contribution in [0.3, 0.4) is 0 Å². The van der Waals surface area contributed by atoms with Gasteiger partial charge in [0.15, 0.2) is 11.3 Å². The number of para-hydroxylation sites is 2. The maximum absolute atomic E-state index is 12.2. The number of carbonyl (C=O) groups excluding carboxylic acids is 2. The lowest BCUT2D eigenvalue weighted by atomic mass is 10.0. The average molecular weight is 897 g/mol. The number of aromatic amines is 1. The van der Waals surface area contributed by atoms with Crippen molar-refractivity contribution in [3.05, 3.63) is 147 Å². The van der Waals surface area contributed by atoms with Crippen LogP contribution >= 0.6 is 0 Å². The molecule has 10 rings (SSSR count). The molecule has 5 N–H and O–H groups in total. The molecular formula is C51H52N12O4. The van der Waals surface area contributed by atoms with E-state index < -0.39 is 0 Å². The highest BCUT2D eigenvalue weighted by molar-refractivity contribution is 5.99. The van der Waals surface area contributed by atoms with E-state index in [9.17, 15) is 9.59 Å². The highest BCUT2D eigenvalue weighted by Crippen LogP contribution is 2.35. The summed E-state index contributed by atoms with van der Waals surface area (Å²) in [5.74, 6) is 4.50. The van der Waals surface area contributed by atoms with Gasteiger partial charge in [0.25, 0.3) is 0 Å².